The molecule has 1 saturated heterocycles. The van der Waals surface area contributed by atoms with Gasteiger partial charge in [-0.1, -0.05) is 41.9 Å². The Kier molecular flexibility index (Phi) is 6.98. The first-order chi connectivity index (χ1) is 16.8. The molecule has 1 N–H and O–H groups in total. The lowest BCUT2D eigenvalue weighted by Crippen LogP contribution is -2.54. The van der Waals surface area contributed by atoms with Crippen molar-refractivity contribution in [3.63, 3.8) is 0 Å². The molecular formula is C27H22ClFN2O4. The van der Waals surface area contributed by atoms with Crippen molar-refractivity contribution in [2.45, 2.75) is 20.3 Å². The number of rotatable bonds is 6. The molecule has 3 aromatic carbocycles. The van der Waals surface area contributed by atoms with Crippen LogP contribution in [0.1, 0.15) is 29.2 Å². The number of nitrogens with zero attached hydrogens (tertiary/aromatic N) is 1. The second-order valence-electron chi connectivity index (χ2n) is 7.98. The maximum absolute atomic E-state index is 14.2. The lowest BCUT2D eigenvalue weighted by molar-refractivity contribution is -0.122. The lowest BCUT2D eigenvalue weighted by Gasteiger charge is -2.26. The minimum absolute atomic E-state index is 0.201. The third-order valence-corrected chi connectivity index (χ3v) is 5.81. The standard InChI is InChI=1S/C27H22ClFN2O4/c1-3-35-24-14-17(13-22(28)20(24)15-18-8-4-5-10-23(18)29)12-21-25(32)30-27(34)31(26(21)33)19-9-6-7-16(2)11-19/h4-14H,3,15H2,1-2H3,(H,30,32,34)/b21-12+. The summed E-state index contributed by atoms with van der Waals surface area (Å²) >= 11 is 6.55. The molecule has 0 atom stereocenters. The van der Waals surface area contributed by atoms with E-state index in [0.29, 0.717) is 39.8 Å². The highest BCUT2D eigenvalue weighted by atomic mass is 35.5. The summed E-state index contributed by atoms with van der Waals surface area (Å²) in [4.78, 5) is 39.1. The number of halogens is 2. The molecule has 35 heavy (non-hydrogen) atoms. The van der Waals surface area contributed by atoms with Crippen LogP contribution in [-0.2, 0) is 16.0 Å². The minimum Gasteiger partial charge on any atom is -0.494 e. The van der Waals surface area contributed by atoms with E-state index >= 15 is 0 Å². The van der Waals surface area contributed by atoms with E-state index in [-0.39, 0.29) is 17.8 Å². The molecule has 4 rings (SSSR count). The number of benzene rings is 3. The third kappa shape index (κ3) is 5.10. The smallest absolute Gasteiger partial charge is 0.335 e. The van der Waals surface area contributed by atoms with Crippen LogP contribution in [0.5, 0.6) is 5.75 Å². The topological polar surface area (TPSA) is 75.7 Å². The number of hydrogen-bond acceptors (Lipinski definition) is 4. The van der Waals surface area contributed by atoms with Crippen LogP contribution in [0.3, 0.4) is 0 Å². The molecule has 0 saturated carbocycles. The van der Waals surface area contributed by atoms with E-state index in [9.17, 15) is 18.8 Å². The van der Waals surface area contributed by atoms with Crippen LogP contribution in [0, 0.1) is 12.7 Å². The van der Waals surface area contributed by atoms with Crippen LogP contribution < -0.4 is 15.0 Å². The summed E-state index contributed by atoms with van der Waals surface area (Å²) in [6.07, 6.45) is 1.56. The Morgan fingerprint density at radius 1 is 1.06 bits per heavy atom. The molecule has 0 aromatic heterocycles. The number of urea groups is 1. The molecule has 3 aromatic rings. The molecule has 0 unspecified atom stereocenters. The zero-order valence-electron chi connectivity index (χ0n) is 19.1. The van der Waals surface area contributed by atoms with Gasteiger partial charge in [0.15, 0.2) is 0 Å². The van der Waals surface area contributed by atoms with Gasteiger partial charge in [0, 0.05) is 17.0 Å². The number of hydrogen-bond donors (Lipinski definition) is 1. The Morgan fingerprint density at radius 3 is 2.54 bits per heavy atom. The van der Waals surface area contributed by atoms with E-state index < -0.39 is 17.8 Å². The predicted molar refractivity (Wildman–Crippen MR) is 132 cm³/mol. The van der Waals surface area contributed by atoms with Crippen molar-refractivity contribution in [3.8, 4) is 5.75 Å². The first kappa shape index (κ1) is 24.2. The molecule has 1 aliphatic heterocycles. The number of imide groups is 2. The quantitative estimate of drug-likeness (QED) is 0.367. The fourth-order valence-corrected chi connectivity index (χ4v) is 4.11. The summed E-state index contributed by atoms with van der Waals surface area (Å²) in [5.41, 5.74) is 2.43. The Labute approximate surface area is 207 Å². The van der Waals surface area contributed by atoms with Crippen LogP contribution in [0.25, 0.3) is 6.08 Å². The summed E-state index contributed by atoms with van der Waals surface area (Å²) in [6.45, 7) is 3.96. The molecule has 1 fully saturated rings. The molecule has 0 radical (unpaired) electrons. The van der Waals surface area contributed by atoms with Crippen LogP contribution in [-0.4, -0.2) is 24.5 Å². The van der Waals surface area contributed by atoms with Gasteiger partial charge in [0.05, 0.1) is 12.3 Å². The van der Waals surface area contributed by atoms with Gasteiger partial charge in [0.1, 0.15) is 17.1 Å². The molecule has 0 bridgehead atoms. The second kappa shape index (κ2) is 10.1. The van der Waals surface area contributed by atoms with Gasteiger partial charge in [0.2, 0.25) is 0 Å². The van der Waals surface area contributed by atoms with Crippen molar-refractivity contribution in [2.24, 2.45) is 0 Å². The number of carbonyl (C=O) groups excluding carboxylic acids is 3. The molecule has 0 aliphatic carbocycles. The molecule has 6 nitrogen and oxygen atoms in total. The van der Waals surface area contributed by atoms with Crippen molar-refractivity contribution in [1.29, 1.82) is 0 Å². The Balaban J connectivity index is 1.73. The van der Waals surface area contributed by atoms with Crippen LogP contribution in [0.15, 0.2) is 66.2 Å². The van der Waals surface area contributed by atoms with E-state index in [1.165, 1.54) is 12.1 Å². The van der Waals surface area contributed by atoms with Crippen molar-refractivity contribution < 1.29 is 23.5 Å². The predicted octanol–water partition coefficient (Wildman–Crippen LogP) is 5.44. The molecule has 8 heteroatoms. The largest absolute Gasteiger partial charge is 0.494 e. The van der Waals surface area contributed by atoms with Gasteiger partial charge < -0.3 is 4.74 Å². The van der Waals surface area contributed by atoms with Crippen molar-refractivity contribution in [1.82, 2.24) is 5.32 Å². The first-order valence-corrected chi connectivity index (χ1v) is 11.3. The zero-order chi connectivity index (χ0) is 25.1. The average Bonchev–Trinajstić information content (AvgIpc) is 2.80. The molecule has 1 heterocycles. The van der Waals surface area contributed by atoms with Gasteiger partial charge >= 0.3 is 6.03 Å². The Hall–Kier alpha value is -3.97. The Bertz CT molecular complexity index is 1370. The van der Waals surface area contributed by atoms with Gasteiger partial charge in [-0.3, -0.25) is 14.9 Å². The van der Waals surface area contributed by atoms with Crippen molar-refractivity contribution in [3.05, 3.63) is 99.3 Å². The zero-order valence-corrected chi connectivity index (χ0v) is 19.9. The van der Waals surface area contributed by atoms with Gasteiger partial charge in [0.25, 0.3) is 11.8 Å². The maximum atomic E-state index is 14.2. The molecule has 1 aliphatic rings. The summed E-state index contributed by atoms with van der Waals surface area (Å²) in [7, 11) is 0. The van der Waals surface area contributed by atoms with E-state index in [0.717, 1.165) is 10.5 Å². The van der Waals surface area contributed by atoms with Crippen molar-refractivity contribution in [2.75, 3.05) is 11.5 Å². The van der Waals surface area contributed by atoms with E-state index in [4.69, 9.17) is 16.3 Å². The maximum Gasteiger partial charge on any atom is 0.335 e. The molecule has 4 amide bonds. The van der Waals surface area contributed by atoms with Crippen LogP contribution >= 0.6 is 11.6 Å². The molecular weight excluding hydrogens is 471 g/mol. The average molecular weight is 493 g/mol. The highest BCUT2D eigenvalue weighted by Gasteiger charge is 2.36. The van der Waals surface area contributed by atoms with Crippen LogP contribution in [0.2, 0.25) is 5.02 Å². The SMILES string of the molecule is CCOc1cc(/C=C2\C(=O)NC(=O)N(c3cccc(C)c3)C2=O)cc(Cl)c1Cc1ccccc1F. The summed E-state index contributed by atoms with van der Waals surface area (Å²) in [5, 5.41) is 2.50. The number of anilines is 1. The number of barbiturate groups is 1. The Morgan fingerprint density at radius 2 is 1.83 bits per heavy atom. The lowest BCUT2D eigenvalue weighted by atomic mass is 10.00. The van der Waals surface area contributed by atoms with Gasteiger partial charge in [-0.15, -0.1) is 0 Å². The third-order valence-electron chi connectivity index (χ3n) is 5.47. The summed E-state index contributed by atoms with van der Waals surface area (Å²) in [5.74, 6) is -1.52. The van der Waals surface area contributed by atoms with Crippen molar-refractivity contribution >= 4 is 41.2 Å². The first-order valence-electron chi connectivity index (χ1n) is 10.9. The summed E-state index contributed by atoms with van der Waals surface area (Å²) < 4.78 is 20.0. The fourth-order valence-electron chi connectivity index (χ4n) is 3.83. The molecule has 178 valence electrons. The monoisotopic (exact) mass is 492 g/mol. The van der Waals surface area contributed by atoms with Gasteiger partial charge in [-0.25, -0.2) is 14.1 Å². The number of carbonyl (C=O) groups is 3. The number of aryl methyl sites for hydroxylation is 1. The van der Waals surface area contributed by atoms with Gasteiger partial charge in [-0.2, -0.15) is 0 Å². The normalized spacial score (nSPS) is 14.9. The fraction of sp³-hybridized carbons (Fsp3) is 0.148. The highest BCUT2D eigenvalue weighted by Crippen LogP contribution is 2.33. The number of ether oxygens (including phenoxy) is 1. The molecule has 0 spiro atoms. The van der Waals surface area contributed by atoms with E-state index in [1.807, 2.05) is 13.0 Å². The van der Waals surface area contributed by atoms with E-state index in [2.05, 4.69) is 5.32 Å². The second-order valence-corrected chi connectivity index (χ2v) is 8.38. The minimum atomic E-state index is -0.823. The van der Waals surface area contributed by atoms with Crippen LogP contribution in [0.4, 0.5) is 14.9 Å². The van der Waals surface area contributed by atoms with Gasteiger partial charge in [-0.05, 0) is 66.9 Å². The highest BCUT2D eigenvalue weighted by molar-refractivity contribution is 6.39. The summed E-state index contributed by atoms with van der Waals surface area (Å²) in [6, 6.07) is 15.6. The van der Waals surface area contributed by atoms with E-state index in [1.54, 1.807) is 55.5 Å². The number of amides is 4. The number of nitrogens with one attached hydrogen (secondary N) is 1.